The average Bonchev–Trinajstić information content (AvgIpc) is 2.24. The molecule has 0 amide bonds. The van der Waals surface area contributed by atoms with Gasteiger partial charge in [-0.2, -0.15) is 0 Å². The average molecular weight is 213 g/mol. The van der Waals surface area contributed by atoms with Crippen LogP contribution in [0.1, 0.15) is 51.9 Å². The largest absolute Gasteiger partial charge is 0.396 e. The van der Waals surface area contributed by atoms with Crippen LogP contribution in [0.15, 0.2) is 0 Å². The predicted octanol–water partition coefficient (Wildman–Crippen LogP) is 2.66. The van der Waals surface area contributed by atoms with Crippen molar-refractivity contribution in [3.8, 4) is 0 Å². The summed E-state index contributed by atoms with van der Waals surface area (Å²) in [4.78, 5) is 2.53. The summed E-state index contributed by atoms with van der Waals surface area (Å²) in [6.45, 7) is 3.94. The zero-order valence-corrected chi connectivity index (χ0v) is 10.4. The van der Waals surface area contributed by atoms with Crippen LogP contribution in [0.4, 0.5) is 0 Å². The van der Waals surface area contributed by atoms with Crippen molar-refractivity contribution in [3.05, 3.63) is 0 Å². The minimum absolute atomic E-state index is 0.351. The molecule has 1 aliphatic rings. The van der Waals surface area contributed by atoms with E-state index < -0.39 is 0 Å². The molecule has 0 aromatic heterocycles. The summed E-state index contributed by atoms with van der Waals surface area (Å²) in [5, 5.41) is 8.70. The van der Waals surface area contributed by atoms with E-state index in [2.05, 4.69) is 18.9 Å². The molecule has 1 saturated carbocycles. The molecule has 90 valence electrons. The molecule has 0 heterocycles. The monoisotopic (exact) mass is 213 g/mol. The Morgan fingerprint density at radius 1 is 1.20 bits per heavy atom. The summed E-state index contributed by atoms with van der Waals surface area (Å²) in [6.07, 6.45) is 8.99. The molecule has 2 nitrogen and oxygen atoms in total. The molecule has 1 N–H and O–H groups in total. The molecule has 2 unspecified atom stereocenters. The van der Waals surface area contributed by atoms with Crippen LogP contribution >= 0.6 is 0 Å². The summed E-state index contributed by atoms with van der Waals surface area (Å²) in [5.41, 5.74) is 0. The van der Waals surface area contributed by atoms with E-state index in [0.717, 1.165) is 18.4 Å². The van der Waals surface area contributed by atoms with Gasteiger partial charge in [-0.3, -0.25) is 0 Å². The zero-order chi connectivity index (χ0) is 11.1. The highest BCUT2D eigenvalue weighted by atomic mass is 16.2. The van der Waals surface area contributed by atoms with Gasteiger partial charge in [0.05, 0.1) is 0 Å². The number of rotatable bonds is 6. The first-order valence-electron chi connectivity index (χ1n) is 6.55. The number of hydrogen-bond donors (Lipinski definition) is 1. The summed E-state index contributed by atoms with van der Waals surface area (Å²) < 4.78 is 0. The molecule has 1 aliphatic carbocycles. The maximum atomic E-state index is 8.70. The minimum Gasteiger partial charge on any atom is -0.396 e. The van der Waals surface area contributed by atoms with E-state index in [1.54, 1.807) is 0 Å². The van der Waals surface area contributed by atoms with E-state index >= 15 is 0 Å². The summed E-state index contributed by atoms with van der Waals surface area (Å²) >= 11 is 0. The minimum atomic E-state index is 0.351. The smallest absolute Gasteiger partial charge is 0.0431 e. The van der Waals surface area contributed by atoms with E-state index in [0.29, 0.717) is 6.61 Å². The third kappa shape index (κ3) is 4.98. The van der Waals surface area contributed by atoms with Crippen LogP contribution < -0.4 is 0 Å². The van der Waals surface area contributed by atoms with Crippen LogP contribution in [0.5, 0.6) is 0 Å². The summed E-state index contributed by atoms with van der Waals surface area (Å²) in [6, 6.07) is 0.822. The Morgan fingerprint density at radius 3 is 2.67 bits per heavy atom. The second-order valence-electron chi connectivity index (χ2n) is 5.19. The van der Waals surface area contributed by atoms with Crippen molar-refractivity contribution >= 4 is 0 Å². The molecule has 0 aliphatic heterocycles. The van der Waals surface area contributed by atoms with Gasteiger partial charge in [-0.1, -0.05) is 19.8 Å². The molecule has 0 spiro atoms. The second kappa shape index (κ2) is 7.24. The lowest BCUT2D eigenvalue weighted by Gasteiger charge is -2.34. The third-order valence-electron chi connectivity index (χ3n) is 3.70. The van der Waals surface area contributed by atoms with Crippen LogP contribution in [0.3, 0.4) is 0 Å². The molecule has 0 bridgehead atoms. The predicted molar refractivity (Wildman–Crippen MR) is 65.0 cm³/mol. The first-order valence-corrected chi connectivity index (χ1v) is 6.55. The standard InChI is InChI=1S/C13H27NO/c1-12-7-6-8-13(11-12)14(2)9-4-3-5-10-15/h12-13,15H,3-11H2,1-2H3. The van der Waals surface area contributed by atoms with Crippen LogP contribution in [0, 0.1) is 5.92 Å². The fraction of sp³-hybridized carbons (Fsp3) is 1.00. The Morgan fingerprint density at radius 2 is 2.00 bits per heavy atom. The second-order valence-corrected chi connectivity index (χ2v) is 5.19. The van der Waals surface area contributed by atoms with Gasteiger partial charge in [0.1, 0.15) is 0 Å². The normalized spacial score (nSPS) is 27.2. The Hall–Kier alpha value is -0.0800. The van der Waals surface area contributed by atoms with E-state index in [9.17, 15) is 0 Å². The van der Waals surface area contributed by atoms with Gasteiger partial charge < -0.3 is 10.0 Å². The fourth-order valence-electron chi connectivity index (χ4n) is 2.63. The Labute approximate surface area is 94.7 Å². The third-order valence-corrected chi connectivity index (χ3v) is 3.70. The number of nitrogens with zero attached hydrogens (tertiary/aromatic N) is 1. The van der Waals surface area contributed by atoms with Gasteiger partial charge in [-0.15, -0.1) is 0 Å². The Balaban J connectivity index is 2.12. The molecule has 0 aromatic rings. The topological polar surface area (TPSA) is 23.5 Å². The van der Waals surface area contributed by atoms with Crippen molar-refractivity contribution in [2.45, 2.75) is 57.9 Å². The molecular formula is C13H27NO. The molecule has 0 aromatic carbocycles. The first kappa shape index (κ1) is 13.0. The van der Waals surface area contributed by atoms with Crippen LogP contribution in [0.25, 0.3) is 0 Å². The number of unbranched alkanes of at least 4 members (excludes halogenated alkanes) is 2. The molecule has 1 fully saturated rings. The summed E-state index contributed by atoms with van der Waals surface area (Å²) in [7, 11) is 2.27. The van der Waals surface area contributed by atoms with Crippen LogP contribution in [-0.4, -0.2) is 36.2 Å². The molecule has 0 saturated heterocycles. The highest BCUT2D eigenvalue weighted by molar-refractivity contribution is 4.76. The lowest BCUT2D eigenvalue weighted by molar-refractivity contribution is 0.160. The summed E-state index contributed by atoms with van der Waals surface area (Å²) in [5.74, 6) is 0.920. The first-order chi connectivity index (χ1) is 7.24. The molecular weight excluding hydrogens is 186 g/mol. The maximum Gasteiger partial charge on any atom is 0.0431 e. The fourth-order valence-corrected chi connectivity index (χ4v) is 2.63. The highest BCUT2D eigenvalue weighted by Crippen LogP contribution is 2.26. The van der Waals surface area contributed by atoms with Crippen molar-refractivity contribution in [2.75, 3.05) is 20.2 Å². The molecule has 15 heavy (non-hydrogen) atoms. The van der Waals surface area contributed by atoms with Crippen LogP contribution in [0.2, 0.25) is 0 Å². The van der Waals surface area contributed by atoms with E-state index in [4.69, 9.17) is 5.11 Å². The quantitative estimate of drug-likeness (QED) is 0.686. The van der Waals surface area contributed by atoms with Gasteiger partial charge in [0, 0.05) is 12.6 Å². The lowest BCUT2D eigenvalue weighted by Crippen LogP contribution is -2.36. The number of hydrogen-bond acceptors (Lipinski definition) is 2. The SMILES string of the molecule is CC1CCCC(N(C)CCCCCO)C1. The van der Waals surface area contributed by atoms with E-state index in [1.165, 1.54) is 45.1 Å². The molecule has 2 heteroatoms. The van der Waals surface area contributed by atoms with Gasteiger partial charge in [-0.05, 0) is 51.6 Å². The zero-order valence-electron chi connectivity index (χ0n) is 10.4. The molecule has 0 radical (unpaired) electrons. The van der Waals surface area contributed by atoms with Gasteiger partial charge in [0.2, 0.25) is 0 Å². The van der Waals surface area contributed by atoms with Crippen molar-refractivity contribution in [1.82, 2.24) is 4.90 Å². The number of aliphatic hydroxyl groups excluding tert-OH is 1. The van der Waals surface area contributed by atoms with Crippen molar-refractivity contribution in [3.63, 3.8) is 0 Å². The Bertz CT molecular complexity index is 161. The lowest BCUT2D eigenvalue weighted by atomic mass is 9.86. The van der Waals surface area contributed by atoms with E-state index in [-0.39, 0.29) is 0 Å². The van der Waals surface area contributed by atoms with Gasteiger partial charge >= 0.3 is 0 Å². The van der Waals surface area contributed by atoms with Gasteiger partial charge in [0.25, 0.3) is 0 Å². The number of aliphatic hydroxyl groups is 1. The maximum absolute atomic E-state index is 8.70. The molecule has 1 rings (SSSR count). The Kier molecular flexibility index (Phi) is 6.26. The van der Waals surface area contributed by atoms with Gasteiger partial charge in [-0.25, -0.2) is 0 Å². The van der Waals surface area contributed by atoms with Crippen molar-refractivity contribution in [2.24, 2.45) is 5.92 Å². The van der Waals surface area contributed by atoms with Crippen molar-refractivity contribution < 1.29 is 5.11 Å². The van der Waals surface area contributed by atoms with Crippen molar-refractivity contribution in [1.29, 1.82) is 0 Å². The van der Waals surface area contributed by atoms with E-state index in [1.807, 2.05) is 0 Å². The van der Waals surface area contributed by atoms with Gasteiger partial charge in [0.15, 0.2) is 0 Å². The van der Waals surface area contributed by atoms with Crippen LogP contribution in [-0.2, 0) is 0 Å². The molecule has 2 atom stereocenters. The highest BCUT2D eigenvalue weighted by Gasteiger charge is 2.21.